The Labute approximate surface area is 71.8 Å². The predicted octanol–water partition coefficient (Wildman–Crippen LogP) is 2.60. The summed E-state index contributed by atoms with van der Waals surface area (Å²) in [5.41, 5.74) is 7.64. The molecule has 0 fully saturated rings. The SMILES string of the molecule is [CH2]c1ccc(N)c2ccccc12. The zero-order chi connectivity index (χ0) is 8.55. The monoisotopic (exact) mass is 156 g/mol. The van der Waals surface area contributed by atoms with Crippen LogP contribution in [0, 0.1) is 6.92 Å². The Hall–Kier alpha value is -1.50. The van der Waals surface area contributed by atoms with Crippen molar-refractivity contribution in [3.63, 3.8) is 0 Å². The number of rotatable bonds is 0. The second-order valence-corrected chi connectivity index (χ2v) is 2.86. The fraction of sp³-hybridized carbons (Fsp3) is 0. The standard InChI is InChI=1S/C11H10N/c1-8-6-7-11(12)10-5-3-2-4-9(8)10/h2-7H,1,12H2. The van der Waals surface area contributed by atoms with Gasteiger partial charge in [0, 0.05) is 11.1 Å². The molecule has 0 heterocycles. The van der Waals surface area contributed by atoms with Crippen molar-refractivity contribution in [2.75, 3.05) is 5.73 Å². The number of hydrogen-bond donors (Lipinski definition) is 1. The van der Waals surface area contributed by atoms with E-state index in [1.54, 1.807) is 0 Å². The van der Waals surface area contributed by atoms with Crippen LogP contribution in [0.4, 0.5) is 5.69 Å². The smallest absolute Gasteiger partial charge is 0.0393 e. The van der Waals surface area contributed by atoms with E-state index in [-0.39, 0.29) is 0 Å². The molecule has 59 valence electrons. The zero-order valence-corrected chi connectivity index (χ0v) is 6.75. The molecule has 1 nitrogen and oxygen atoms in total. The maximum absolute atomic E-state index is 5.80. The molecule has 0 amide bonds. The quantitative estimate of drug-likeness (QED) is 0.583. The first-order valence-electron chi connectivity index (χ1n) is 3.88. The normalized spacial score (nSPS) is 10.4. The summed E-state index contributed by atoms with van der Waals surface area (Å²) in [5.74, 6) is 0. The van der Waals surface area contributed by atoms with Gasteiger partial charge in [0.25, 0.3) is 0 Å². The summed E-state index contributed by atoms with van der Waals surface area (Å²) in [6.07, 6.45) is 0. The molecule has 0 saturated carbocycles. The predicted molar refractivity (Wildman–Crippen MR) is 52.8 cm³/mol. The van der Waals surface area contributed by atoms with Crippen LogP contribution < -0.4 is 5.73 Å². The molecule has 0 bridgehead atoms. The Morgan fingerprint density at radius 3 is 2.25 bits per heavy atom. The minimum Gasteiger partial charge on any atom is -0.398 e. The average molecular weight is 156 g/mol. The van der Waals surface area contributed by atoms with Crippen LogP contribution in [0.5, 0.6) is 0 Å². The molecule has 2 aromatic carbocycles. The van der Waals surface area contributed by atoms with Crippen molar-refractivity contribution in [2.45, 2.75) is 0 Å². The van der Waals surface area contributed by atoms with Crippen molar-refractivity contribution in [1.29, 1.82) is 0 Å². The van der Waals surface area contributed by atoms with E-state index in [1.165, 1.54) is 0 Å². The lowest BCUT2D eigenvalue weighted by atomic mass is 10.0. The van der Waals surface area contributed by atoms with Crippen LogP contribution >= 0.6 is 0 Å². The summed E-state index contributed by atoms with van der Waals surface area (Å²) in [5, 5.41) is 2.22. The van der Waals surface area contributed by atoms with Crippen molar-refractivity contribution < 1.29 is 0 Å². The van der Waals surface area contributed by atoms with Crippen LogP contribution in [0.15, 0.2) is 36.4 Å². The topological polar surface area (TPSA) is 26.0 Å². The van der Waals surface area contributed by atoms with Gasteiger partial charge in [0.2, 0.25) is 0 Å². The van der Waals surface area contributed by atoms with Crippen LogP contribution in [0.2, 0.25) is 0 Å². The highest BCUT2D eigenvalue weighted by Gasteiger charge is 1.98. The lowest BCUT2D eigenvalue weighted by Gasteiger charge is -2.03. The van der Waals surface area contributed by atoms with Gasteiger partial charge in [-0.3, -0.25) is 0 Å². The molecule has 1 heteroatoms. The average Bonchev–Trinajstić information content (AvgIpc) is 2.12. The van der Waals surface area contributed by atoms with E-state index in [9.17, 15) is 0 Å². The minimum absolute atomic E-state index is 0.818. The summed E-state index contributed by atoms with van der Waals surface area (Å²) in [6, 6.07) is 11.9. The molecule has 0 aliphatic heterocycles. The van der Waals surface area contributed by atoms with Crippen molar-refractivity contribution in [3.8, 4) is 0 Å². The van der Waals surface area contributed by atoms with Crippen molar-refractivity contribution in [3.05, 3.63) is 48.9 Å². The minimum atomic E-state index is 0.818. The summed E-state index contributed by atoms with van der Waals surface area (Å²) in [7, 11) is 0. The lowest BCUT2D eigenvalue weighted by Crippen LogP contribution is -1.87. The molecule has 12 heavy (non-hydrogen) atoms. The number of fused-ring (bicyclic) bond motifs is 1. The van der Waals surface area contributed by atoms with Crippen molar-refractivity contribution in [1.82, 2.24) is 0 Å². The fourth-order valence-electron chi connectivity index (χ4n) is 1.38. The van der Waals surface area contributed by atoms with Crippen LogP contribution in [0.25, 0.3) is 10.8 Å². The highest BCUT2D eigenvalue weighted by molar-refractivity contribution is 5.95. The molecule has 0 aliphatic carbocycles. The molecule has 2 aromatic rings. The van der Waals surface area contributed by atoms with Crippen molar-refractivity contribution >= 4 is 16.5 Å². The van der Waals surface area contributed by atoms with Crippen LogP contribution in [0.1, 0.15) is 5.56 Å². The molecule has 0 aliphatic rings. The van der Waals surface area contributed by atoms with Crippen LogP contribution in [-0.4, -0.2) is 0 Å². The molecule has 0 aromatic heterocycles. The maximum Gasteiger partial charge on any atom is 0.0393 e. The third kappa shape index (κ3) is 0.944. The Balaban J connectivity index is 2.95. The highest BCUT2D eigenvalue weighted by Crippen LogP contribution is 2.23. The summed E-state index contributed by atoms with van der Waals surface area (Å²) >= 11 is 0. The Bertz CT molecular complexity index is 378. The molecule has 0 unspecified atom stereocenters. The molecule has 0 atom stereocenters. The highest BCUT2D eigenvalue weighted by atomic mass is 14.5. The second-order valence-electron chi connectivity index (χ2n) is 2.86. The van der Waals surface area contributed by atoms with Gasteiger partial charge < -0.3 is 5.73 Å². The fourth-order valence-corrected chi connectivity index (χ4v) is 1.38. The maximum atomic E-state index is 5.80. The number of anilines is 1. The molecular weight excluding hydrogens is 146 g/mol. The third-order valence-electron chi connectivity index (χ3n) is 2.05. The van der Waals surface area contributed by atoms with Gasteiger partial charge >= 0.3 is 0 Å². The molecule has 1 radical (unpaired) electrons. The van der Waals surface area contributed by atoms with Crippen LogP contribution in [-0.2, 0) is 0 Å². The van der Waals surface area contributed by atoms with E-state index in [4.69, 9.17) is 5.73 Å². The third-order valence-corrected chi connectivity index (χ3v) is 2.05. The van der Waals surface area contributed by atoms with Gasteiger partial charge in [-0.25, -0.2) is 0 Å². The summed E-state index contributed by atoms with van der Waals surface area (Å²) in [4.78, 5) is 0. The van der Waals surface area contributed by atoms with Crippen LogP contribution in [0.3, 0.4) is 0 Å². The molecule has 0 spiro atoms. The Morgan fingerprint density at radius 1 is 0.917 bits per heavy atom. The largest absolute Gasteiger partial charge is 0.398 e. The second kappa shape index (κ2) is 2.52. The molecular formula is C11H10N. The first-order valence-corrected chi connectivity index (χ1v) is 3.88. The zero-order valence-electron chi connectivity index (χ0n) is 6.75. The van der Waals surface area contributed by atoms with E-state index < -0.39 is 0 Å². The molecule has 2 N–H and O–H groups in total. The first-order chi connectivity index (χ1) is 5.79. The van der Waals surface area contributed by atoms with Gasteiger partial charge in [-0.05, 0) is 23.9 Å². The lowest BCUT2D eigenvalue weighted by molar-refractivity contribution is 1.66. The van der Waals surface area contributed by atoms with E-state index in [1.807, 2.05) is 36.4 Å². The number of nitrogen functional groups attached to an aromatic ring is 1. The summed E-state index contributed by atoms with van der Waals surface area (Å²) < 4.78 is 0. The van der Waals surface area contributed by atoms with Gasteiger partial charge in [0.1, 0.15) is 0 Å². The van der Waals surface area contributed by atoms with Gasteiger partial charge in [-0.15, -0.1) is 0 Å². The van der Waals surface area contributed by atoms with E-state index in [2.05, 4.69) is 6.92 Å². The van der Waals surface area contributed by atoms with Gasteiger partial charge in [0.15, 0.2) is 0 Å². The Kier molecular flexibility index (Phi) is 1.51. The number of hydrogen-bond acceptors (Lipinski definition) is 1. The van der Waals surface area contributed by atoms with E-state index in [0.717, 1.165) is 22.0 Å². The first kappa shape index (κ1) is 7.17. The van der Waals surface area contributed by atoms with Gasteiger partial charge in [-0.2, -0.15) is 0 Å². The molecule has 0 saturated heterocycles. The van der Waals surface area contributed by atoms with Gasteiger partial charge in [0.05, 0.1) is 0 Å². The number of benzene rings is 2. The van der Waals surface area contributed by atoms with E-state index in [0.29, 0.717) is 0 Å². The van der Waals surface area contributed by atoms with Gasteiger partial charge in [-0.1, -0.05) is 30.3 Å². The molecule has 2 rings (SSSR count). The van der Waals surface area contributed by atoms with E-state index >= 15 is 0 Å². The number of nitrogens with two attached hydrogens (primary N) is 1. The Morgan fingerprint density at radius 2 is 1.58 bits per heavy atom. The summed E-state index contributed by atoms with van der Waals surface area (Å²) in [6.45, 7) is 3.93. The van der Waals surface area contributed by atoms with Crippen molar-refractivity contribution in [2.24, 2.45) is 0 Å².